The van der Waals surface area contributed by atoms with E-state index < -0.39 is 0 Å². The molecule has 132 valence electrons. The van der Waals surface area contributed by atoms with E-state index in [4.69, 9.17) is 9.47 Å². The van der Waals surface area contributed by atoms with E-state index in [0.29, 0.717) is 12.6 Å². The maximum Gasteiger partial charge on any atom is 0.100 e. The monoisotopic (exact) mass is 331 g/mol. The first-order valence-corrected chi connectivity index (χ1v) is 9.49. The molecular formula is C19H29N3O2. The molecule has 4 rings (SSSR count). The second-order valence-corrected chi connectivity index (χ2v) is 7.30. The summed E-state index contributed by atoms with van der Waals surface area (Å²) >= 11 is 0. The summed E-state index contributed by atoms with van der Waals surface area (Å²) in [5.74, 6) is 0. The molecule has 0 spiro atoms. The number of rotatable bonds is 6. The van der Waals surface area contributed by atoms with Crippen molar-refractivity contribution in [2.45, 2.75) is 50.5 Å². The van der Waals surface area contributed by atoms with Crippen LogP contribution in [0, 0.1) is 0 Å². The first kappa shape index (κ1) is 16.5. The Kier molecular flexibility index (Phi) is 5.43. The molecule has 0 bridgehead atoms. The first-order chi connectivity index (χ1) is 11.9. The molecule has 0 amide bonds. The summed E-state index contributed by atoms with van der Waals surface area (Å²) in [6.45, 7) is 7.41. The smallest absolute Gasteiger partial charge is 0.100 e. The predicted molar refractivity (Wildman–Crippen MR) is 92.8 cm³/mol. The van der Waals surface area contributed by atoms with Gasteiger partial charge in [0.2, 0.25) is 0 Å². The minimum atomic E-state index is 0.189. The van der Waals surface area contributed by atoms with Gasteiger partial charge in [0, 0.05) is 44.7 Å². The first-order valence-electron chi connectivity index (χ1n) is 9.49. The van der Waals surface area contributed by atoms with Crippen LogP contribution in [0.4, 0.5) is 0 Å². The third-order valence-electron chi connectivity index (χ3n) is 5.67. The van der Waals surface area contributed by atoms with E-state index in [1.807, 2.05) is 12.3 Å². The number of hydrogen-bond donors (Lipinski definition) is 0. The lowest BCUT2D eigenvalue weighted by atomic mass is 10.0. The molecule has 0 radical (unpaired) electrons. The lowest BCUT2D eigenvalue weighted by molar-refractivity contribution is -0.0818. The molecule has 1 aromatic rings. The Morgan fingerprint density at radius 3 is 2.96 bits per heavy atom. The Labute approximate surface area is 144 Å². The zero-order valence-electron chi connectivity index (χ0n) is 14.5. The molecule has 4 heterocycles. The van der Waals surface area contributed by atoms with Crippen LogP contribution in [0.5, 0.6) is 0 Å². The second kappa shape index (κ2) is 7.91. The average molecular weight is 331 g/mol. The molecule has 3 atom stereocenters. The average Bonchev–Trinajstić information content (AvgIpc) is 3.27. The highest BCUT2D eigenvalue weighted by Crippen LogP contribution is 2.31. The fourth-order valence-electron chi connectivity index (χ4n) is 4.37. The molecule has 0 aliphatic carbocycles. The van der Waals surface area contributed by atoms with Gasteiger partial charge >= 0.3 is 0 Å². The zero-order chi connectivity index (χ0) is 16.2. The third-order valence-corrected chi connectivity index (χ3v) is 5.67. The lowest BCUT2D eigenvalue weighted by Crippen LogP contribution is -2.43. The Morgan fingerprint density at radius 1 is 1.21 bits per heavy atom. The van der Waals surface area contributed by atoms with Crippen LogP contribution in [0.3, 0.4) is 0 Å². The highest BCUT2D eigenvalue weighted by atomic mass is 16.5. The van der Waals surface area contributed by atoms with Gasteiger partial charge in [-0.3, -0.25) is 9.88 Å². The molecule has 5 heteroatoms. The van der Waals surface area contributed by atoms with Crippen molar-refractivity contribution in [3.05, 3.63) is 30.1 Å². The van der Waals surface area contributed by atoms with Crippen molar-refractivity contribution in [2.75, 3.05) is 39.3 Å². The van der Waals surface area contributed by atoms with E-state index in [2.05, 4.69) is 20.9 Å². The standard InChI is InChI=1S/C19H29N3O2/c1-2-9-21(8-1)10-11-22-14-18(19-17(22)6-4-12-23-19)24-15-16-5-3-7-20-13-16/h3,5,7,13,17-19H,1-2,4,6,8-12,14-15H2/t17-,18+,19+/m0/s1. The molecule has 3 aliphatic heterocycles. The molecule has 3 saturated heterocycles. The summed E-state index contributed by atoms with van der Waals surface area (Å²) in [7, 11) is 0. The van der Waals surface area contributed by atoms with Crippen LogP contribution in [0.25, 0.3) is 0 Å². The molecule has 3 fully saturated rings. The molecule has 0 N–H and O–H groups in total. The number of ether oxygens (including phenoxy) is 2. The number of nitrogens with zero attached hydrogens (tertiary/aromatic N) is 3. The van der Waals surface area contributed by atoms with Crippen LogP contribution in [-0.2, 0) is 16.1 Å². The maximum absolute atomic E-state index is 6.24. The minimum absolute atomic E-state index is 0.189. The normalized spacial score (nSPS) is 31.4. The third kappa shape index (κ3) is 3.80. The topological polar surface area (TPSA) is 37.8 Å². The molecule has 1 aromatic heterocycles. The van der Waals surface area contributed by atoms with E-state index >= 15 is 0 Å². The van der Waals surface area contributed by atoms with Gasteiger partial charge in [0.25, 0.3) is 0 Å². The van der Waals surface area contributed by atoms with Crippen molar-refractivity contribution in [1.29, 1.82) is 0 Å². The number of likely N-dealkylation sites (tertiary alicyclic amines) is 2. The van der Waals surface area contributed by atoms with E-state index in [-0.39, 0.29) is 12.2 Å². The highest BCUT2D eigenvalue weighted by molar-refractivity contribution is 5.07. The Balaban J connectivity index is 1.33. The Morgan fingerprint density at radius 2 is 2.12 bits per heavy atom. The van der Waals surface area contributed by atoms with Gasteiger partial charge in [-0.15, -0.1) is 0 Å². The van der Waals surface area contributed by atoms with Gasteiger partial charge < -0.3 is 14.4 Å². The number of fused-ring (bicyclic) bond motifs is 1. The van der Waals surface area contributed by atoms with Gasteiger partial charge in [-0.1, -0.05) is 6.07 Å². The number of pyridine rings is 1. The Hall–Kier alpha value is -1.01. The molecule has 0 unspecified atom stereocenters. The van der Waals surface area contributed by atoms with Gasteiger partial charge in [0.05, 0.1) is 12.7 Å². The lowest BCUT2D eigenvalue weighted by Gasteiger charge is -2.33. The van der Waals surface area contributed by atoms with Crippen LogP contribution in [0.2, 0.25) is 0 Å². The van der Waals surface area contributed by atoms with Crippen LogP contribution in [0.1, 0.15) is 31.2 Å². The van der Waals surface area contributed by atoms with Crippen LogP contribution in [0.15, 0.2) is 24.5 Å². The fraction of sp³-hybridized carbons (Fsp3) is 0.737. The van der Waals surface area contributed by atoms with Crippen LogP contribution in [-0.4, -0.2) is 72.4 Å². The molecule has 3 aliphatic rings. The van der Waals surface area contributed by atoms with E-state index in [0.717, 1.165) is 25.3 Å². The molecule has 5 nitrogen and oxygen atoms in total. The summed E-state index contributed by atoms with van der Waals surface area (Å²) < 4.78 is 12.3. The van der Waals surface area contributed by atoms with Gasteiger partial charge in [0.15, 0.2) is 0 Å². The zero-order valence-corrected chi connectivity index (χ0v) is 14.5. The van der Waals surface area contributed by atoms with Crippen LogP contribution < -0.4 is 0 Å². The van der Waals surface area contributed by atoms with Gasteiger partial charge in [0.1, 0.15) is 6.10 Å². The number of aromatic nitrogens is 1. The van der Waals surface area contributed by atoms with Gasteiger partial charge in [-0.05, 0) is 50.4 Å². The van der Waals surface area contributed by atoms with Crippen molar-refractivity contribution < 1.29 is 9.47 Å². The van der Waals surface area contributed by atoms with Crippen molar-refractivity contribution in [3.8, 4) is 0 Å². The molecule has 24 heavy (non-hydrogen) atoms. The second-order valence-electron chi connectivity index (χ2n) is 7.30. The van der Waals surface area contributed by atoms with Crippen molar-refractivity contribution in [2.24, 2.45) is 0 Å². The van der Waals surface area contributed by atoms with Crippen molar-refractivity contribution >= 4 is 0 Å². The SMILES string of the molecule is c1cncc(CO[C@@H]2CN(CCN3CCCC3)[C@H]3CCCO[C@@H]23)c1. The minimum Gasteiger partial charge on any atom is -0.374 e. The molecule has 0 aromatic carbocycles. The largest absolute Gasteiger partial charge is 0.374 e. The number of hydrogen-bond acceptors (Lipinski definition) is 5. The van der Waals surface area contributed by atoms with Crippen molar-refractivity contribution in [1.82, 2.24) is 14.8 Å². The quantitative estimate of drug-likeness (QED) is 0.796. The summed E-state index contributed by atoms with van der Waals surface area (Å²) in [4.78, 5) is 9.39. The molecular weight excluding hydrogens is 302 g/mol. The Bertz CT molecular complexity index is 507. The van der Waals surface area contributed by atoms with Gasteiger partial charge in [-0.2, -0.15) is 0 Å². The van der Waals surface area contributed by atoms with E-state index in [1.54, 1.807) is 6.20 Å². The van der Waals surface area contributed by atoms with Gasteiger partial charge in [-0.25, -0.2) is 0 Å². The summed E-state index contributed by atoms with van der Waals surface area (Å²) in [5.41, 5.74) is 1.14. The molecule has 0 saturated carbocycles. The maximum atomic E-state index is 6.24. The summed E-state index contributed by atoms with van der Waals surface area (Å²) in [6, 6.07) is 4.59. The summed E-state index contributed by atoms with van der Waals surface area (Å²) in [6.07, 6.45) is 9.29. The van der Waals surface area contributed by atoms with E-state index in [9.17, 15) is 0 Å². The fourth-order valence-corrected chi connectivity index (χ4v) is 4.37. The van der Waals surface area contributed by atoms with E-state index in [1.165, 1.54) is 45.3 Å². The van der Waals surface area contributed by atoms with Crippen LogP contribution >= 0.6 is 0 Å². The highest BCUT2D eigenvalue weighted by Gasteiger charge is 2.44. The summed E-state index contributed by atoms with van der Waals surface area (Å²) in [5, 5.41) is 0. The van der Waals surface area contributed by atoms with Crippen molar-refractivity contribution in [3.63, 3.8) is 0 Å². The predicted octanol–water partition coefficient (Wildman–Crippen LogP) is 1.93.